The van der Waals surface area contributed by atoms with Crippen molar-refractivity contribution < 1.29 is 4.79 Å². The van der Waals surface area contributed by atoms with Gasteiger partial charge in [-0.15, -0.1) is 11.8 Å². The Bertz CT molecular complexity index is 1660. The zero-order valence-electron chi connectivity index (χ0n) is 19.7. The topological polar surface area (TPSA) is 113 Å². The largest absolute Gasteiger partial charge is 0.324 e. The van der Waals surface area contributed by atoms with Crippen molar-refractivity contribution in [2.24, 2.45) is 7.05 Å². The van der Waals surface area contributed by atoms with E-state index in [1.165, 1.54) is 16.3 Å². The van der Waals surface area contributed by atoms with Crippen molar-refractivity contribution in [2.75, 3.05) is 10.6 Å². The summed E-state index contributed by atoms with van der Waals surface area (Å²) >= 11 is 7.83. The number of carbonyl (C=O) groups is 1. The minimum Gasteiger partial charge on any atom is -0.324 e. The van der Waals surface area contributed by atoms with E-state index in [0.717, 1.165) is 12.8 Å². The van der Waals surface area contributed by atoms with Crippen LogP contribution in [-0.4, -0.2) is 25.7 Å². The minimum absolute atomic E-state index is 0.0743. The molecule has 8 nitrogen and oxygen atoms in total. The third-order valence-corrected chi connectivity index (χ3v) is 7.31. The van der Waals surface area contributed by atoms with Gasteiger partial charge in [-0.05, 0) is 48.6 Å². The molecule has 2 heterocycles. The van der Waals surface area contributed by atoms with Gasteiger partial charge in [-0.3, -0.25) is 14.2 Å². The first kappa shape index (κ1) is 24.6. The Labute approximate surface area is 222 Å². The predicted molar refractivity (Wildman–Crippen MR) is 148 cm³/mol. The molecule has 4 aromatic rings. The third kappa shape index (κ3) is 5.50. The Kier molecular flexibility index (Phi) is 6.95. The van der Waals surface area contributed by atoms with Gasteiger partial charge >= 0.3 is 0 Å². The summed E-state index contributed by atoms with van der Waals surface area (Å²) in [4.78, 5) is 34.5. The van der Waals surface area contributed by atoms with Crippen molar-refractivity contribution in [2.45, 2.75) is 18.1 Å². The molecule has 0 radical (unpaired) electrons. The number of hydrogen-bond acceptors (Lipinski definition) is 7. The highest BCUT2D eigenvalue weighted by Crippen LogP contribution is 2.35. The Balaban J connectivity index is 1.37. The Morgan fingerprint density at radius 2 is 1.95 bits per heavy atom. The van der Waals surface area contributed by atoms with Crippen LogP contribution in [0.1, 0.15) is 12.8 Å². The van der Waals surface area contributed by atoms with Crippen molar-refractivity contribution in [1.82, 2.24) is 14.5 Å². The molecule has 2 N–H and O–H groups in total. The molecule has 0 unspecified atom stereocenters. The van der Waals surface area contributed by atoms with Crippen LogP contribution in [0.5, 0.6) is 0 Å². The van der Waals surface area contributed by atoms with Gasteiger partial charge in [0, 0.05) is 51.4 Å². The van der Waals surface area contributed by atoms with E-state index >= 15 is 0 Å². The summed E-state index contributed by atoms with van der Waals surface area (Å²) in [5.41, 5.74) is 2.57. The quantitative estimate of drug-likeness (QED) is 0.236. The molecular formula is C27H21ClN6O2S. The lowest BCUT2D eigenvalue weighted by molar-refractivity contribution is -0.112. The summed E-state index contributed by atoms with van der Waals surface area (Å²) in [6, 6.07) is 17.9. The second kappa shape index (κ2) is 10.5. The van der Waals surface area contributed by atoms with E-state index in [4.69, 9.17) is 11.6 Å². The zero-order chi connectivity index (χ0) is 25.9. The molecule has 1 saturated carbocycles. The molecular weight excluding hydrogens is 508 g/mol. The van der Waals surface area contributed by atoms with Gasteiger partial charge in [-0.1, -0.05) is 35.9 Å². The fourth-order valence-corrected chi connectivity index (χ4v) is 4.81. The van der Waals surface area contributed by atoms with E-state index in [0.29, 0.717) is 43.8 Å². The molecule has 0 bridgehead atoms. The second-order valence-electron chi connectivity index (χ2n) is 8.51. The fourth-order valence-electron chi connectivity index (χ4n) is 3.68. The molecule has 1 aliphatic carbocycles. The summed E-state index contributed by atoms with van der Waals surface area (Å²) in [7, 11) is 1.65. The second-order valence-corrected chi connectivity index (χ2v) is 10.1. The Morgan fingerprint density at radius 1 is 1.16 bits per heavy atom. The number of anilines is 3. The molecule has 2 aromatic heterocycles. The summed E-state index contributed by atoms with van der Waals surface area (Å²) in [5, 5.41) is 18.5. The van der Waals surface area contributed by atoms with Gasteiger partial charge in [0.05, 0.1) is 0 Å². The van der Waals surface area contributed by atoms with Crippen molar-refractivity contribution in [3.8, 4) is 17.2 Å². The average molecular weight is 529 g/mol. The zero-order valence-corrected chi connectivity index (χ0v) is 21.3. The van der Waals surface area contributed by atoms with Crippen LogP contribution in [0.25, 0.3) is 22.2 Å². The predicted octanol–water partition coefficient (Wildman–Crippen LogP) is 5.63. The molecule has 1 amide bonds. The smallest absolute Gasteiger partial charge is 0.266 e. The van der Waals surface area contributed by atoms with Gasteiger partial charge in [-0.25, -0.2) is 4.98 Å². The number of hydrogen-bond donors (Lipinski definition) is 2. The highest BCUT2D eigenvalue weighted by molar-refractivity contribution is 8.03. The van der Waals surface area contributed by atoms with Crippen LogP contribution in [0.15, 0.2) is 76.6 Å². The lowest BCUT2D eigenvalue weighted by Crippen LogP contribution is -2.20. The number of thioether (sulfide) groups is 1. The molecule has 0 atom stereocenters. The van der Waals surface area contributed by atoms with Crippen LogP contribution in [0, 0.1) is 11.3 Å². The first-order chi connectivity index (χ1) is 17.9. The van der Waals surface area contributed by atoms with E-state index < -0.39 is 5.91 Å². The molecule has 10 heteroatoms. The maximum absolute atomic E-state index is 13.1. The monoisotopic (exact) mass is 528 g/mol. The van der Waals surface area contributed by atoms with Crippen molar-refractivity contribution in [3.05, 3.63) is 87.2 Å². The number of carbonyl (C=O) groups excluding carboxylic acids is 1. The summed E-state index contributed by atoms with van der Waals surface area (Å²) in [6.45, 7) is 0. The van der Waals surface area contributed by atoms with Crippen molar-refractivity contribution >= 4 is 57.6 Å². The maximum Gasteiger partial charge on any atom is 0.266 e. The first-order valence-corrected chi connectivity index (χ1v) is 12.8. The molecule has 0 aliphatic heterocycles. The lowest BCUT2D eigenvalue weighted by Gasteiger charge is -2.12. The molecule has 5 rings (SSSR count). The van der Waals surface area contributed by atoms with Crippen molar-refractivity contribution in [1.29, 1.82) is 5.26 Å². The standard InChI is InChI=1S/C27H21ClN6O2S/c1-34-24-16(11-22(26(34)36)21-7-2-3-8-23(21)28)14-30-27(33-24)32-19-6-4-5-18(12-19)31-25(35)17(13-29)15-37-20-9-10-20/h2-8,11-12,14-15,20H,9-10H2,1H3,(H,31,35)(H,30,32,33)/b17-15+. The number of fused-ring (bicyclic) bond motifs is 1. The summed E-state index contributed by atoms with van der Waals surface area (Å²) < 4.78 is 1.47. The fraction of sp³-hybridized carbons (Fsp3) is 0.148. The van der Waals surface area contributed by atoms with Crippen LogP contribution in [0.4, 0.5) is 17.3 Å². The highest BCUT2D eigenvalue weighted by Gasteiger charge is 2.22. The lowest BCUT2D eigenvalue weighted by atomic mass is 10.1. The van der Waals surface area contributed by atoms with Crippen molar-refractivity contribution in [3.63, 3.8) is 0 Å². The number of aromatic nitrogens is 3. The van der Waals surface area contributed by atoms with Gasteiger partial charge in [0.25, 0.3) is 11.5 Å². The first-order valence-electron chi connectivity index (χ1n) is 11.5. The molecule has 0 saturated heterocycles. The van der Waals surface area contributed by atoms with Gasteiger partial charge in [-0.2, -0.15) is 10.2 Å². The van der Waals surface area contributed by atoms with Gasteiger partial charge < -0.3 is 10.6 Å². The van der Waals surface area contributed by atoms with E-state index in [1.54, 1.807) is 61.1 Å². The third-order valence-electron chi connectivity index (χ3n) is 5.76. The number of halogens is 1. The number of amides is 1. The minimum atomic E-state index is -0.459. The maximum atomic E-state index is 13.1. The van der Waals surface area contributed by atoms with E-state index in [9.17, 15) is 14.9 Å². The van der Waals surface area contributed by atoms with Gasteiger partial charge in [0.15, 0.2) is 0 Å². The molecule has 184 valence electrons. The number of aryl methyl sites for hydroxylation is 1. The number of benzene rings is 2. The number of pyridine rings is 1. The number of nitriles is 1. The number of rotatable bonds is 7. The van der Waals surface area contributed by atoms with Crippen LogP contribution in [0.3, 0.4) is 0 Å². The van der Waals surface area contributed by atoms with E-state index in [-0.39, 0.29) is 17.1 Å². The average Bonchev–Trinajstić information content (AvgIpc) is 3.72. The van der Waals surface area contributed by atoms with Gasteiger partial charge in [0.2, 0.25) is 5.95 Å². The summed E-state index contributed by atoms with van der Waals surface area (Å²) in [5.74, 6) is -0.172. The molecule has 1 fully saturated rings. The molecule has 37 heavy (non-hydrogen) atoms. The summed E-state index contributed by atoms with van der Waals surface area (Å²) in [6.07, 6.45) is 3.86. The molecule has 0 spiro atoms. The van der Waals surface area contributed by atoms with Crippen LogP contribution >= 0.6 is 23.4 Å². The molecule has 1 aliphatic rings. The van der Waals surface area contributed by atoms with Crippen LogP contribution < -0.4 is 16.2 Å². The van der Waals surface area contributed by atoms with Crippen LogP contribution in [-0.2, 0) is 11.8 Å². The number of nitrogens with zero attached hydrogens (tertiary/aromatic N) is 4. The number of nitrogens with one attached hydrogen (secondary N) is 2. The molecule has 2 aromatic carbocycles. The van der Waals surface area contributed by atoms with E-state index in [1.807, 2.05) is 18.2 Å². The SMILES string of the molecule is Cn1c(=O)c(-c2ccccc2Cl)cc2cnc(Nc3cccc(NC(=O)/C(C#N)=C/SC4CC4)c3)nc21. The Morgan fingerprint density at radius 3 is 2.70 bits per heavy atom. The highest BCUT2D eigenvalue weighted by atomic mass is 35.5. The Hall–Kier alpha value is -4.13. The van der Waals surface area contributed by atoms with E-state index in [2.05, 4.69) is 20.6 Å². The van der Waals surface area contributed by atoms with Crippen LogP contribution in [0.2, 0.25) is 5.02 Å². The normalized spacial score (nSPS) is 13.3. The van der Waals surface area contributed by atoms with Gasteiger partial charge in [0.1, 0.15) is 17.3 Å².